The molecular formula is C24H30N2O5S. The van der Waals surface area contributed by atoms with Crippen molar-refractivity contribution in [2.24, 2.45) is 5.92 Å². The van der Waals surface area contributed by atoms with E-state index in [-0.39, 0.29) is 17.4 Å². The largest absolute Gasteiger partial charge is 0.493 e. The van der Waals surface area contributed by atoms with Gasteiger partial charge < -0.3 is 14.4 Å². The first-order chi connectivity index (χ1) is 15.4. The van der Waals surface area contributed by atoms with Crippen molar-refractivity contribution >= 4 is 34.9 Å². The molecule has 2 saturated heterocycles. The molecule has 3 amide bonds. The van der Waals surface area contributed by atoms with Gasteiger partial charge in [0.1, 0.15) is 6.54 Å². The average Bonchev–Trinajstić information content (AvgIpc) is 3.02. The van der Waals surface area contributed by atoms with Gasteiger partial charge in [-0.15, -0.1) is 6.58 Å². The van der Waals surface area contributed by atoms with Crippen molar-refractivity contribution in [2.45, 2.75) is 33.1 Å². The molecule has 3 rings (SSSR count). The fourth-order valence-corrected chi connectivity index (χ4v) is 4.69. The number of carbonyl (C=O) groups excluding carboxylic acids is 3. The number of piperidine rings is 1. The van der Waals surface area contributed by atoms with Crippen LogP contribution in [-0.4, -0.2) is 60.2 Å². The fraction of sp³-hybridized carbons (Fsp3) is 0.458. The molecule has 7 nitrogen and oxygen atoms in total. The molecule has 2 aliphatic heterocycles. The Morgan fingerprint density at radius 3 is 2.62 bits per heavy atom. The summed E-state index contributed by atoms with van der Waals surface area (Å²) < 4.78 is 11.2. The molecule has 0 aliphatic carbocycles. The molecule has 2 fully saturated rings. The quantitative estimate of drug-likeness (QED) is 0.431. The SMILES string of the molecule is C=CCc1cc(/C=C2/SC(=O)N(CC(=O)N3CCC(C)CC3)C2=O)cc(OCC)c1OC. The van der Waals surface area contributed by atoms with E-state index in [2.05, 4.69) is 13.5 Å². The van der Waals surface area contributed by atoms with Crippen LogP contribution in [0.25, 0.3) is 6.08 Å². The average molecular weight is 459 g/mol. The highest BCUT2D eigenvalue weighted by molar-refractivity contribution is 8.18. The predicted molar refractivity (Wildman–Crippen MR) is 126 cm³/mol. The van der Waals surface area contributed by atoms with E-state index in [9.17, 15) is 14.4 Å². The number of ether oxygens (including phenoxy) is 2. The Labute approximate surface area is 193 Å². The van der Waals surface area contributed by atoms with Crippen molar-refractivity contribution in [2.75, 3.05) is 33.4 Å². The van der Waals surface area contributed by atoms with E-state index in [1.54, 1.807) is 30.2 Å². The summed E-state index contributed by atoms with van der Waals surface area (Å²) in [5, 5.41) is -0.426. The maximum Gasteiger partial charge on any atom is 0.294 e. The van der Waals surface area contributed by atoms with Gasteiger partial charge in [-0.2, -0.15) is 0 Å². The number of hydrogen-bond acceptors (Lipinski definition) is 6. The van der Waals surface area contributed by atoms with Crippen LogP contribution in [0.2, 0.25) is 0 Å². The summed E-state index contributed by atoms with van der Waals surface area (Å²) in [6.45, 7) is 9.41. The molecule has 1 aromatic carbocycles. The number of hydrogen-bond donors (Lipinski definition) is 0. The summed E-state index contributed by atoms with van der Waals surface area (Å²) in [6, 6.07) is 3.67. The molecule has 2 heterocycles. The highest BCUT2D eigenvalue weighted by Gasteiger charge is 2.37. The van der Waals surface area contributed by atoms with Crippen molar-refractivity contribution in [3.63, 3.8) is 0 Å². The summed E-state index contributed by atoms with van der Waals surface area (Å²) in [7, 11) is 1.58. The van der Waals surface area contributed by atoms with Crippen molar-refractivity contribution in [3.8, 4) is 11.5 Å². The lowest BCUT2D eigenvalue weighted by Crippen LogP contribution is -2.45. The van der Waals surface area contributed by atoms with Crippen molar-refractivity contribution < 1.29 is 23.9 Å². The molecule has 0 saturated carbocycles. The van der Waals surface area contributed by atoms with Gasteiger partial charge in [0, 0.05) is 18.7 Å². The third-order valence-electron chi connectivity index (χ3n) is 5.62. The number of carbonyl (C=O) groups is 3. The summed E-state index contributed by atoms with van der Waals surface area (Å²) >= 11 is 0.850. The molecule has 0 unspecified atom stereocenters. The van der Waals surface area contributed by atoms with E-state index >= 15 is 0 Å². The van der Waals surface area contributed by atoms with Gasteiger partial charge in [0.25, 0.3) is 11.1 Å². The monoisotopic (exact) mass is 458 g/mol. The number of imide groups is 1. The molecule has 0 spiro atoms. The highest BCUT2D eigenvalue weighted by atomic mass is 32.2. The Balaban J connectivity index is 1.80. The normalized spacial score (nSPS) is 18.4. The zero-order chi connectivity index (χ0) is 23.3. The van der Waals surface area contributed by atoms with Crippen molar-refractivity contribution in [3.05, 3.63) is 40.8 Å². The number of allylic oxidation sites excluding steroid dienone is 1. The number of thioether (sulfide) groups is 1. The number of rotatable bonds is 8. The van der Waals surface area contributed by atoms with E-state index in [1.807, 2.05) is 13.0 Å². The van der Waals surface area contributed by atoms with Gasteiger partial charge in [-0.1, -0.05) is 13.0 Å². The number of nitrogens with zero attached hydrogens (tertiary/aromatic N) is 2. The lowest BCUT2D eigenvalue weighted by Gasteiger charge is -2.31. The Morgan fingerprint density at radius 2 is 2.00 bits per heavy atom. The smallest absolute Gasteiger partial charge is 0.294 e. The molecule has 172 valence electrons. The number of amides is 3. The minimum Gasteiger partial charge on any atom is -0.493 e. The molecule has 0 aromatic heterocycles. The van der Waals surface area contributed by atoms with Crippen LogP contribution in [0.15, 0.2) is 29.7 Å². The van der Waals surface area contributed by atoms with E-state index in [4.69, 9.17) is 9.47 Å². The maximum atomic E-state index is 12.9. The van der Waals surface area contributed by atoms with E-state index in [0.29, 0.717) is 49.1 Å². The second-order valence-electron chi connectivity index (χ2n) is 7.97. The topological polar surface area (TPSA) is 76.2 Å². The van der Waals surface area contributed by atoms with E-state index in [1.165, 1.54) is 0 Å². The van der Waals surface area contributed by atoms with Crippen LogP contribution in [0.5, 0.6) is 11.5 Å². The van der Waals surface area contributed by atoms with E-state index < -0.39 is 11.1 Å². The van der Waals surface area contributed by atoms with Gasteiger partial charge in [0.2, 0.25) is 5.91 Å². The van der Waals surface area contributed by atoms with Crippen molar-refractivity contribution in [1.29, 1.82) is 0 Å². The van der Waals surface area contributed by atoms with Gasteiger partial charge >= 0.3 is 0 Å². The predicted octanol–water partition coefficient (Wildman–Crippen LogP) is 4.12. The molecule has 0 N–H and O–H groups in total. The van der Waals surface area contributed by atoms with Gasteiger partial charge in [-0.25, -0.2) is 0 Å². The van der Waals surface area contributed by atoms with E-state index in [0.717, 1.165) is 35.1 Å². The Morgan fingerprint density at radius 1 is 1.28 bits per heavy atom. The minimum atomic E-state index is -0.447. The summed E-state index contributed by atoms with van der Waals surface area (Å²) in [4.78, 5) is 41.1. The highest BCUT2D eigenvalue weighted by Crippen LogP contribution is 2.37. The third-order valence-corrected chi connectivity index (χ3v) is 6.53. The number of methoxy groups -OCH3 is 1. The minimum absolute atomic E-state index is 0.184. The summed E-state index contributed by atoms with van der Waals surface area (Å²) in [5.74, 6) is 1.15. The molecule has 8 heteroatoms. The standard InChI is InChI=1S/C24H30N2O5S/c1-5-7-18-12-17(13-19(31-6-2)22(18)30-4)14-20-23(28)26(24(29)32-20)15-21(27)25-10-8-16(3)9-11-25/h5,12-14,16H,1,6-11,15H2,2-4H3/b20-14+. The lowest BCUT2D eigenvalue weighted by molar-refractivity contribution is -0.136. The summed E-state index contributed by atoms with van der Waals surface area (Å²) in [6.07, 6.45) is 5.88. The molecule has 32 heavy (non-hydrogen) atoms. The zero-order valence-corrected chi connectivity index (χ0v) is 19.7. The van der Waals surface area contributed by atoms with Gasteiger partial charge in [-0.3, -0.25) is 19.3 Å². The van der Waals surface area contributed by atoms with Crippen LogP contribution in [0.4, 0.5) is 4.79 Å². The number of likely N-dealkylation sites (tertiary alicyclic amines) is 1. The van der Waals surface area contributed by atoms with Gasteiger partial charge in [0.05, 0.1) is 18.6 Å². The number of benzene rings is 1. The van der Waals surface area contributed by atoms with Crippen LogP contribution in [-0.2, 0) is 16.0 Å². The molecule has 0 atom stereocenters. The Kier molecular flexibility index (Phi) is 8.01. The maximum absolute atomic E-state index is 12.9. The fourth-order valence-electron chi connectivity index (χ4n) is 3.85. The molecule has 0 radical (unpaired) electrons. The van der Waals surface area contributed by atoms with Crippen LogP contribution >= 0.6 is 11.8 Å². The van der Waals surface area contributed by atoms with Gasteiger partial charge in [0.15, 0.2) is 11.5 Å². The lowest BCUT2D eigenvalue weighted by atomic mass is 9.99. The van der Waals surface area contributed by atoms with Crippen molar-refractivity contribution in [1.82, 2.24) is 9.80 Å². The Hall–Kier alpha value is -2.74. The summed E-state index contributed by atoms with van der Waals surface area (Å²) in [5.41, 5.74) is 1.58. The molecular weight excluding hydrogens is 428 g/mol. The second-order valence-corrected chi connectivity index (χ2v) is 8.96. The zero-order valence-electron chi connectivity index (χ0n) is 18.9. The van der Waals surface area contributed by atoms with Crippen LogP contribution < -0.4 is 9.47 Å². The molecule has 2 aliphatic rings. The van der Waals surface area contributed by atoms with Crippen LogP contribution in [0, 0.1) is 5.92 Å². The molecule has 1 aromatic rings. The first-order valence-corrected chi connectivity index (χ1v) is 11.7. The second kappa shape index (κ2) is 10.7. The van der Waals surface area contributed by atoms with Crippen LogP contribution in [0.1, 0.15) is 37.8 Å². The van der Waals surface area contributed by atoms with Crippen LogP contribution in [0.3, 0.4) is 0 Å². The first kappa shape index (κ1) is 23.9. The third kappa shape index (κ3) is 5.35. The molecule has 0 bridgehead atoms. The first-order valence-electron chi connectivity index (χ1n) is 10.9. The van der Waals surface area contributed by atoms with Gasteiger partial charge in [-0.05, 0) is 67.6 Å². The Bertz CT molecular complexity index is 935.